The number of esters is 1. The van der Waals surface area contributed by atoms with E-state index >= 15 is 0 Å². The minimum atomic E-state index is -0.316. The van der Waals surface area contributed by atoms with Crippen LogP contribution in [0.15, 0.2) is 16.6 Å². The molecule has 0 aliphatic heterocycles. The molecule has 2 nitrogen and oxygen atoms in total. The van der Waals surface area contributed by atoms with Crippen LogP contribution in [-0.2, 0) is 16.0 Å². The van der Waals surface area contributed by atoms with Gasteiger partial charge in [0.1, 0.15) is 0 Å². The van der Waals surface area contributed by atoms with E-state index in [4.69, 9.17) is 23.2 Å². The van der Waals surface area contributed by atoms with Crippen molar-refractivity contribution >= 4 is 45.1 Å². The number of hydrogen-bond acceptors (Lipinski definition) is 2. The molecule has 14 heavy (non-hydrogen) atoms. The Morgan fingerprint density at radius 3 is 2.71 bits per heavy atom. The second-order valence-electron chi connectivity index (χ2n) is 2.59. The van der Waals surface area contributed by atoms with Crippen molar-refractivity contribution in [2.24, 2.45) is 0 Å². The van der Waals surface area contributed by atoms with Gasteiger partial charge in [0.05, 0.1) is 23.6 Å². The van der Waals surface area contributed by atoms with Crippen molar-refractivity contribution in [1.29, 1.82) is 0 Å². The van der Waals surface area contributed by atoms with E-state index in [-0.39, 0.29) is 12.4 Å². The molecule has 5 heteroatoms. The molecule has 1 aromatic carbocycles. The summed E-state index contributed by atoms with van der Waals surface area (Å²) in [7, 11) is 1.34. The molecule has 76 valence electrons. The molecule has 0 spiro atoms. The molecule has 0 amide bonds. The van der Waals surface area contributed by atoms with E-state index in [1.807, 2.05) is 0 Å². The molecule has 1 rings (SSSR count). The molecule has 0 aliphatic carbocycles. The maximum absolute atomic E-state index is 11.0. The molecule has 0 bridgehead atoms. The van der Waals surface area contributed by atoms with Gasteiger partial charge in [-0.05, 0) is 27.6 Å². The second-order valence-corrected chi connectivity index (χ2v) is 4.17. The van der Waals surface area contributed by atoms with Gasteiger partial charge in [0.15, 0.2) is 0 Å². The van der Waals surface area contributed by atoms with Crippen LogP contribution in [0.2, 0.25) is 10.0 Å². The van der Waals surface area contributed by atoms with Crippen LogP contribution < -0.4 is 0 Å². The van der Waals surface area contributed by atoms with Crippen molar-refractivity contribution in [2.75, 3.05) is 7.11 Å². The standard InChI is InChI=1S/C9H7BrCl2O2/c1-14-7(13)4-5-2-3-6(11)9(12)8(5)10/h2-3H,4H2,1H3. The molecular formula is C9H7BrCl2O2. The van der Waals surface area contributed by atoms with Gasteiger partial charge >= 0.3 is 5.97 Å². The van der Waals surface area contributed by atoms with E-state index in [1.54, 1.807) is 12.1 Å². The summed E-state index contributed by atoms with van der Waals surface area (Å²) in [6.07, 6.45) is 0.175. The lowest BCUT2D eigenvalue weighted by atomic mass is 10.1. The van der Waals surface area contributed by atoms with Gasteiger partial charge in [0.2, 0.25) is 0 Å². The average molecular weight is 298 g/mol. The van der Waals surface area contributed by atoms with Crippen molar-refractivity contribution in [1.82, 2.24) is 0 Å². The van der Waals surface area contributed by atoms with Gasteiger partial charge < -0.3 is 4.74 Å². The van der Waals surface area contributed by atoms with E-state index in [0.29, 0.717) is 14.5 Å². The lowest BCUT2D eigenvalue weighted by Gasteiger charge is -2.05. The van der Waals surface area contributed by atoms with Gasteiger partial charge in [0, 0.05) is 4.47 Å². The van der Waals surface area contributed by atoms with Crippen LogP contribution in [0.5, 0.6) is 0 Å². The molecule has 1 aromatic rings. The zero-order valence-corrected chi connectivity index (χ0v) is 10.4. The minimum absolute atomic E-state index is 0.175. The highest BCUT2D eigenvalue weighted by Crippen LogP contribution is 2.33. The summed E-state index contributed by atoms with van der Waals surface area (Å²) >= 11 is 14.9. The monoisotopic (exact) mass is 296 g/mol. The zero-order valence-electron chi connectivity index (χ0n) is 7.31. The van der Waals surface area contributed by atoms with Gasteiger partial charge in [-0.15, -0.1) is 0 Å². The van der Waals surface area contributed by atoms with Crippen molar-refractivity contribution in [3.05, 3.63) is 32.2 Å². The molecule has 0 aliphatic rings. The highest BCUT2D eigenvalue weighted by atomic mass is 79.9. The Kier molecular flexibility index (Phi) is 4.23. The number of carbonyl (C=O) groups is 1. The Morgan fingerprint density at radius 1 is 1.50 bits per heavy atom. The molecule has 0 saturated heterocycles. The molecule has 0 radical (unpaired) electrons. The van der Waals surface area contributed by atoms with Crippen LogP contribution >= 0.6 is 39.1 Å². The summed E-state index contributed by atoms with van der Waals surface area (Å²) < 4.78 is 5.18. The number of benzene rings is 1. The second kappa shape index (κ2) is 5.01. The summed E-state index contributed by atoms with van der Waals surface area (Å²) in [6, 6.07) is 3.38. The Morgan fingerprint density at radius 2 is 2.14 bits per heavy atom. The Hall–Kier alpha value is -0.250. The predicted molar refractivity (Wildman–Crippen MR) is 59.9 cm³/mol. The van der Waals surface area contributed by atoms with Crippen molar-refractivity contribution in [3.63, 3.8) is 0 Å². The number of halogens is 3. The summed E-state index contributed by atoms with van der Waals surface area (Å²) in [5.74, 6) is -0.316. The molecular weight excluding hydrogens is 291 g/mol. The topological polar surface area (TPSA) is 26.3 Å². The third-order valence-corrected chi connectivity index (χ3v) is 3.62. The van der Waals surface area contributed by atoms with E-state index < -0.39 is 0 Å². The van der Waals surface area contributed by atoms with Crippen molar-refractivity contribution in [2.45, 2.75) is 6.42 Å². The summed E-state index contributed by atoms with van der Waals surface area (Å²) in [6.45, 7) is 0. The van der Waals surface area contributed by atoms with Gasteiger partial charge in [-0.3, -0.25) is 4.79 Å². The molecule has 0 fully saturated rings. The number of hydrogen-bond donors (Lipinski definition) is 0. The highest BCUT2D eigenvalue weighted by Gasteiger charge is 2.11. The largest absolute Gasteiger partial charge is 0.469 e. The smallest absolute Gasteiger partial charge is 0.310 e. The Balaban J connectivity index is 3.00. The van der Waals surface area contributed by atoms with Crippen molar-refractivity contribution < 1.29 is 9.53 Å². The van der Waals surface area contributed by atoms with E-state index in [0.717, 1.165) is 5.56 Å². The molecule has 0 N–H and O–H groups in total. The summed E-state index contributed by atoms with van der Waals surface area (Å²) in [5, 5.41) is 0.861. The lowest BCUT2D eigenvalue weighted by Crippen LogP contribution is -2.05. The lowest BCUT2D eigenvalue weighted by molar-refractivity contribution is -0.139. The van der Waals surface area contributed by atoms with Crippen LogP contribution in [0.25, 0.3) is 0 Å². The third-order valence-electron chi connectivity index (χ3n) is 1.68. The molecule has 0 saturated carbocycles. The van der Waals surface area contributed by atoms with E-state index in [9.17, 15) is 4.79 Å². The van der Waals surface area contributed by atoms with Gasteiger partial charge in [0.25, 0.3) is 0 Å². The first-order chi connectivity index (χ1) is 6.56. The first-order valence-corrected chi connectivity index (χ1v) is 5.30. The Bertz CT molecular complexity index is 366. The van der Waals surface area contributed by atoms with Crippen LogP contribution in [0.3, 0.4) is 0 Å². The number of methoxy groups -OCH3 is 1. The first kappa shape index (κ1) is 11.8. The average Bonchev–Trinajstić information content (AvgIpc) is 2.19. The Labute approximate surface area is 100 Å². The SMILES string of the molecule is COC(=O)Cc1ccc(Cl)c(Cl)c1Br. The normalized spacial score (nSPS) is 10.0. The minimum Gasteiger partial charge on any atom is -0.469 e. The number of carbonyl (C=O) groups excluding carboxylic acids is 1. The fourth-order valence-corrected chi connectivity index (χ4v) is 1.87. The van der Waals surface area contributed by atoms with Crippen LogP contribution in [0.1, 0.15) is 5.56 Å². The quantitative estimate of drug-likeness (QED) is 0.617. The maximum atomic E-state index is 11.0. The zero-order chi connectivity index (χ0) is 10.7. The van der Waals surface area contributed by atoms with Crippen LogP contribution in [0, 0.1) is 0 Å². The van der Waals surface area contributed by atoms with Gasteiger partial charge in [-0.1, -0.05) is 29.3 Å². The van der Waals surface area contributed by atoms with E-state index in [1.165, 1.54) is 7.11 Å². The molecule has 0 aromatic heterocycles. The maximum Gasteiger partial charge on any atom is 0.310 e. The third kappa shape index (κ3) is 2.62. The van der Waals surface area contributed by atoms with E-state index in [2.05, 4.69) is 20.7 Å². The highest BCUT2D eigenvalue weighted by molar-refractivity contribution is 9.10. The van der Waals surface area contributed by atoms with Gasteiger partial charge in [-0.2, -0.15) is 0 Å². The van der Waals surface area contributed by atoms with Crippen LogP contribution in [0.4, 0.5) is 0 Å². The molecule has 0 heterocycles. The number of ether oxygens (including phenoxy) is 1. The van der Waals surface area contributed by atoms with Crippen LogP contribution in [-0.4, -0.2) is 13.1 Å². The van der Waals surface area contributed by atoms with Gasteiger partial charge in [-0.25, -0.2) is 0 Å². The fraction of sp³-hybridized carbons (Fsp3) is 0.222. The molecule has 0 unspecified atom stereocenters. The fourth-order valence-electron chi connectivity index (χ4n) is 0.930. The predicted octanol–water partition coefficient (Wildman–Crippen LogP) is 3.47. The molecule has 0 atom stereocenters. The number of rotatable bonds is 2. The first-order valence-electron chi connectivity index (χ1n) is 3.75. The van der Waals surface area contributed by atoms with Crippen molar-refractivity contribution in [3.8, 4) is 0 Å². The summed E-state index contributed by atoms with van der Waals surface area (Å²) in [5.41, 5.74) is 0.756. The summed E-state index contributed by atoms with van der Waals surface area (Å²) in [4.78, 5) is 11.0.